The molecule has 0 bridgehead atoms. The van der Waals surface area contributed by atoms with Crippen LogP contribution in [0.1, 0.15) is 28.2 Å². The lowest BCUT2D eigenvalue weighted by Gasteiger charge is -2.10. The maximum Gasteiger partial charge on any atom is 0.251 e. The number of nitrogens with zero attached hydrogens (tertiary/aromatic N) is 1. The molecule has 3 nitrogen and oxygen atoms in total. The third kappa shape index (κ3) is 3.61. The van der Waals surface area contributed by atoms with Gasteiger partial charge in [-0.25, -0.2) is 9.37 Å². The van der Waals surface area contributed by atoms with Gasteiger partial charge in [0.05, 0.1) is 9.48 Å². The van der Waals surface area contributed by atoms with Crippen molar-refractivity contribution in [3.8, 4) is 0 Å². The van der Waals surface area contributed by atoms with E-state index >= 15 is 0 Å². The Kier molecular flexibility index (Phi) is 4.66. The van der Waals surface area contributed by atoms with Gasteiger partial charge >= 0.3 is 0 Å². The van der Waals surface area contributed by atoms with Crippen molar-refractivity contribution in [1.82, 2.24) is 10.3 Å². The summed E-state index contributed by atoms with van der Waals surface area (Å²) in [6, 6.07) is 4.32. The molecule has 2 rings (SSSR count). The van der Waals surface area contributed by atoms with Crippen LogP contribution in [0.25, 0.3) is 0 Å². The van der Waals surface area contributed by atoms with E-state index < -0.39 is 5.82 Å². The minimum absolute atomic E-state index is 0.143. The monoisotopic (exact) mass is 342 g/mol. The summed E-state index contributed by atoms with van der Waals surface area (Å²) in [5, 5.41) is 5.65. The van der Waals surface area contributed by atoms with E-state index in [1.165, 1.54) is 12.1 Å². The molecule has 0 aliphatic carbocycles. The van der Waals surface area contributed by atoms with Crippen molar-refractivity contribution in [3.63, 3.8) is 0 Å². The third-order valence-electron chi connectivity index (χ3n) is 2.62. The molecule has 1 heterocycles. The van der Waals surface area contributed by atoms with Crippen molar-refractivity contribution < 1.29 is 9.18 Å². The minimum atomic E-state index is -0.444. The molecule has 2 aromatic rings. The van der Waals surface area contributed by atoms with E-state index in [0.717, 1.165) is 5.01 Å². The van der Waals surface area contributed by atoms with Gasteiger partial charge in [0.15, 0.2) is 0 Å². The average molecular weight is 343 g/mol. The van der Waals surface area contributed by atoms with Crippen molar-refractivity contribution >= 4 is 33.2 Å². The predicted octanol–water partition coefficient (Wildman–Crippen LogP) is 3.58. The molecule has 0 saturated heterocycles. The lowest BCUT2D eigenvalue weighted by Crippen LogP contribution is -2.27. The quantitative estimate of drug-likeness (QED) is 0.922. The second-order valence-electron chi connectivity index (χ2n) is 4.11. The summed E-state index contributed by atoms with van der Waals surface area (Å²) >= 11 is 4.61. The number of amides is 1. The Morgan fingerprint density at radius 2 is 2.37 bits per heavy atom. The number of hydrogen-bond acceptors (Lipinski definition) is 3. The van der Waals surface area contributed by atoms with Crippen molar-refractivity contribution in [2.75, 3.05) is 6.54 Å². The second kappa shape index (κ2) is 6.25. The summed E-state index contributed by atoms with van der Waals surface area (Å²) in [6.45, 7) is 2.46. The number of rotatable bonds is 4. The lowest BCUT2D eigenvalue weighted by molar-refractivity contribution is 0.0951. The van der Waals surface area contributed by atoms with Gasteiger partial charge in [0.25, 0.3) is 5.91 Å². The molecule has 1 N–H and O–H groups in total. The molecule has 100 valence electrons. The zero-order chi connectivity index (χ0) is 13.8. The normalized spacial score (nSPS) is 12.2. The van der Waals surface area contributed by atoms with Crippen molar-refractivity contribution in [1.29, 1.82) is 0 Å². The zero-order valence-corrected chi connectivity index (χ0v) is 12.6. The molecule has 0 saturated carbocycles. The van der Waals surface area contributed by atoms with Crippen molar-refractivity contribution in [2.45, 2.75) is 12.8 Å². The van der Waals surface area contributed by atoms with E-state index in [1.807, 2.05) is 12.3 Å². The van der Waals surface area contributed by atoms with Crippen LogP contribution in [0.3, 0.4) is 0 Å². The summed E-state index contributed by atoms with van der Waals surface area (Å²) in [5.41, 5.74) is 0.312. The molecule has 0 radical (unpaired) electrons. The Hall–Kier alpha value is -1.27. The van der Waals surface area contributed by atoms with E-state index in [0.29, 0.717) is 16.6 Å². The first-order valence-electron chi connectivity index (χ1n) is 5.70. The summed E-state index contributed by atoms with van der Waals surface area (Å²) in [7, 11) is 0. The van der Waals surface area contributed by atoms with Crippen LogP contribution in [0.5, 0.6) is 0 Å². The number of benzene rings is 1. The number of thiazole rings is 1. The van der Waals surface area contributed by atoms with Crippen LogP contribution in [-0.2, 0) is 0 Å². The van der Waals surface area contributed by atoms with Crippen molar-refractivity contribution in [3.05, 3.63) is 50.6 Å². The number of carbonyl (C=O) groups is 1. The Balaban J connectivity index is 1.96. The highest BCUT2D eigenvalue weighted by Crippen LogP contribution is 2.18. The highest BCUT2D eigenvalue weighted by Gasteiger charge is 2.12. The van der Waals surface area contributed by atoms with Gasteiger partial charge in [0, 0.05) is 29.6 Å². The maximum absolute atomic E-state index is 13.3. The molecule has 1 aromatic carbocycles. The van der Waals surface area contributed by atoms with Gasteiger partial charge in [0.2, 0.25) is 0 Å². The van der Waals surface area contributed by atoms with Gasteiger partial charge in [-0.2, -0.15) is 0 Å². The maximum atomic E-state index is 13.3. The van der Waals surface area contributed by atoms with Gasteiger partial charge in [-0.15, -0.1) is 11.3 Å². The minimum Gasteiger partial charge on any atom is -0.351 e. The number of carbonyl (C=O) groups excluding carboxylic acids is 1. The summed E-state index contributed by atoms with van der Waals surface area (Å²) in [6.07, 6.45) is 1.74. The highest BCUT2D eigenvalue weighted by atomic mass is 79.9. The van der Waals surface area contributed by atoms with Crippen LogP contribution in [-0.4, -0.2) is 17.4 Å². The molecule has 0 spiro atoms. The molecule has 0 fully saturated rings. The molecule has 1 amide bonds. The van der Waals surface area contributed by atoms with Gasteiger partial charge < -0.3 is 5.32 Å². The van der Waals surface area contributed by atoms with Gasteiger partial charge in [-0.1, -0.05) is 6.92 Å². The molecule has 0 aliphatic rings. The predicted molar refractivity (Wildman–Crippen MR) is 77.0 cm³/mol. The summed E-state index contributed by atoms with van der Waals surface area (Å²) < 4.78 is 13.7. The van der Waals surface area contributed by atoms with Crippen LogP contribution < -0.4 is 5.32 Å². The summed E-state index contributed by atoms with van der Waals surface area (Å²) in [5.74, 6) is -0.584. The number of aromatic nitrogens is 1. The van der Waals surface area contributed by atoms with E-state index in [4.69, 9.17) is 0 Å². The van der Waals surface area contributed by atoms with Gasteiger partial charge in [-0.3, -0.25) is 4.79 Å². The first kappa shape index (κ1) is 14.1. The van der Waals surface area contributed by atoms with Gasteiger partial charge in [0.1, 0.15) is 5.82 Å². The standard InChI is InChI=1S/C13H12BrFN2OS/c1-8(13-16-4-5-19-13)7-17-12(18)9-2-3-10(14)11(15)6-9/h2-6,8H,7H2,1H3,(H,17,18). The van der Waals surface area contributed by atoms with E-state index in [9.17, 15) is 9.18 Å². The molecule has 0 aliphatic heterocycles. The number of nitrogens with one attached hydrogen (secondary N) is 1. The molecular weight excluding hydrogens is 331 g/mol. The average Bonchev–Trinajstić information content (AvgIpc) is 2.92. The van der Waals surface area contributed by atoms with E-state index in [1.54, 1.807) is 23.6 Å². The smallest absolute Gasteiger partial charge is 0.251 e. The molecule has 1 atom stereocenters. The van der Waals surface area contributed by atoms with E-state index in [-0.39, 0.29) is 11.8 Å². The second-order valence-corrected chi connectivity index (χ2v) is 5.89. The zero-order valence-electron chi connectivity index (χ0n) is 10.2. The molecular formula is C13H12BrFN2OS. The highest BCUT2D eigenvalue weighted by molar-refractivity contribution is 9.10. The van der Waals surface area contributed by atoms with Gasteiger partial charge in [-0.05, 0) is 34.1 Å². The van der Waals surface area contributed by atoms with Crippen LogP contribution in [0.15, 0.2) is 34.2 Å². The molecule has 1 aromatic heterocycles. The largest absolute Gasteiger partial charge is 0.351 e. The Morgan fingerprint density at radius 1 is 1.58 bits per heavy atom. The van der Waals surface area contributed by atoms with Crippen LogP contribution in [0, 0.1) is 5.82 Å². The first-order chi connectivity index (χ1) is 9.08. The first-order valence-corrected chi connectivity index (χ1v) is 7.38. The van der Waals surface area contributed by atoms with E-state index in [2.05, 4.69) is 26.2 Å². The summed E-state index contributed by atoms with van der Waals surface area (Å²) in [4.78, 5) is 16.1. The molecule has 6 heteroatoms. The number of halogens is 2. The topological polar surface area (TPSA) is 42.0 Å². The SMILES string of the molecule is CC(CNC(=O)c1ccc(Br)c(F)c1)c1nccs1. The van der Waals surface area contributed by atoms with Crippen LogP contribution >= 0.6 is 27.3 Å². The Bertz CT molecular complexity index is 574. The number of hydrogen-bond donors (Lipinski definition) is 1. The Labute approximate surface area is 123 Å². The van der Waals surface area contributed by atoms with Crippen LogP contribution in [0.4, 0.5) is 4.39 Å². The lowest BCUT2D eigenvalue weighted by atomic mass is 10.1. The third-order valence-corrected chi connectivity index (χ3v) is 4.27. The van der Waals surface area contributed by atoms with Crippen LogP contribution in [0.2, 0.25) is 0 Å². The molecule has 1 unspecified atom stereocenters. The Morgan fingerprint density at radius 3 is 3.00 bits per heavy atom. The fourth-order valence-corrected chi connectivity index (χ4v) is 2.50. The van der Waals surface area contributed by atoms with Crippen molar-refractivity contribution in [2.24, 2.45) is 0 Å². The fraction of sp³-hybridized carbons (Fsp3) is 0.231. The fourth-order valence-electron chi connectivity index (χ4n) is 1.55. The molecule has 19 heavy (non-hydrogen) atoms.